The van der Waals surface area contributed by atoms with E-state index in [9.17, 15) is 22.9 Å². The predicted octanol–water partition coefficient (Wildman–Crippen LogP) is 4.86. The van der Waals surface area contributed by atoms with Crippen molar-refractivity contribution >= 4 is 27.1 Å². The number of nitriles is 1. The second-order valence-corrected chi connectivity index (χ2v) is 12.6. The van der Waals surface area contributed by atoms with E-state index >= 15 is 0 Å². The lowest BCUT2D eigenvalue weighted by Gasteiger charge is -2.31. The molecule has 2 aliphatic rings. The third-order valence-electron chi connectivity index (χ3n) is 6.93. The van der Waals surface area contributed by atoms with E-state index in [1.54, 1.807) is 30.5 Å². The Hall–Kier alpha value is -3.16. The van der Waals surface area contributed by atoms with Crippen LogP contribution >= 0.6 is 11.3 Å². The number of nitrogens with one attached hydrogen (secondary N) is 1. The number of carbonyl (C=O) groups is 1. The molecule has 1 N–H and O–H groups in total. The molecule has 2 heterocycles. The van der Waals surface area contributed by atoms with Crippen LogP contribution in [-0.4, -0.2) is 36.1 Å². The van der Waals surface area contributed by atoms with Crippen LogP contribution in [0.4, 0.5) is 4.39 Å². The first-order valence-electron chi connectivity index (χ1n) is 11.8. The fourth-order valence-corrected chi connectivity index (χ4v) is 6.54. The Bertz CT molecular complexity index is 1460. The molecule has 0 aliphatic heterocycles. The average Bonchev–Trinajstić information content (AvgIpc) is 3.50. The number of amides is 1. The Kier molecular flexibility index (Phi) is 6.39. The highest BCUT2D eigenvalue weighted by molar-refractivity contribution is 7.90. The van der Waals surface area contributed by atoms with Gasteiger partial charge in [-0.1, -0.05) is 25.0 Å². The second-order valence-electron chi connectivity index (χ2n) is 9.60. The smallest absolute Gasteiger partial charge is 0.225 e. The van der Waals surface area contributed by atoms with Gasteiger partial charge in [0.1, 0.15) is 16.4 Å². The van der Waals surface area contributed by atoms with Gasteiger partial charge >= 0.3 is 0 Å². The number of thiazole rings is 1. The van der Waals surface area contributed by atoms with Gasteiger partial charge in [-0.15, -0.1) is 11.3 Å². The summed E-state index contributed by atoms with van der Waals surface area (Å²) >= 11 is 1.37. The normalized spacial score (nSPS) is 20.9. The number of hydrogen-bond acceptors (Lipinski definition) is 7. The predicted molar refractivity (Wildman–Crippen MR) is 134 cm³/mol. The van der Waals surface area contributed by atoms with Crippen LogP contribution in [0, 0.1) is 23.1 Å². The number of carbonyl (C=O) groups excluding carboxylic acids is 1. The lowest BCUT2D eigenvalue weighted by atomic mass is 9.76. The third kappa shape index (κ3) is 4.90. The zero-order valence-electron chi connectivity index (χ0n) is 19.7. The maximum absolute atomic E-state index is 13.9. The van der Waals surface area contributed by atoms with Gasteiger partial charge in [0.05, 0.1) is 27.7 Å². The highest BCUT2D eigenvalue weighted by Gasteiger charge is 2.47. The highest BCUT2D eigenvalue weighted by Crippen LogP contribution is 2.46. The number of sulfone groups is 1. The first-order chi connectivity index (χ1) is 17.2. The summed E-state index contributed by atoms with van der Waals surface area (Å²) in [6.07, 6.45) is 8.49. The van der Waals surface area contributed by atoms with Crippen LogP contribution < -0.4 is 5.32 Å². The summed E-state index contributed by atoms with van der Waals surface area (Å²) in [7, 11) is -3.35. The Labute approximate surface area is 213 Å². The molecule has 5 rings (SSSR count). The minimum absolute atomic E-state index is 0.126. The van der Waals surface area contributed by atoms with Gasteiger partial charge in [0, 0.05) is 29.9 Å². The topological polar surface area (TPSA) is 113 Å². The summed E-state index contributed by atoms with van der Waals surface area (Å²) in [4.78, 5) is 23.2. The van der Waals surface area contributed by atoms with E-state index in [1.807, 2.05) is 0 Å². The van der Waals surface area contributed by atoms with Crippen molar-refractivity contribution in [3.05, 3.63) is 54.2 Å². The van der Waals surface area contributed by atoms with Crippen LogP contribution in [0.25, 0.3) is 21.0 Å². The number of pyridine rings is 1. The monoisotopic (exact) mass is 524 g/mol. The SMILES string of the molecule is CS(=O)(=O)c1ccc(-c2sc(-c3cncc(F)c3)nc2C2CCCCC2C(=O)NC2(C#N)CC2)cc1. The second kappa shape index (κ2) is 9.37. The maximum atomic E-state index is 13.9. The summed E-state index contributed by atoms with van der Waals surface area (Å²) in [6.45, 7) is 0. The van der Waals surface area contributed by atoms with E-state index in [2.05, 4.69) is 16.4 Å². The molecule has 2 unspecified atom stereocenters. The Balaban J connectivity index is 1.57. The van der Waals surface area contributed by atoms with Crippen molar-refractivity contribution in [3.8, 4) is 27.1 Å². The number of aromatic nitrogens is 2. The van der Waals surface area contributed by atoms with Crippen molar-refractivity contribution < 1.29 is 17.6 Å². The summed E-state index contributed by atoms with van der Waals surface area (Å²) in [6, 6.07) is 10.2. The molecule has 0 bridgehead atoms. The van der Waals surface area contributed by atoms with Gasteiger partial charge in [0.25, 0.3) is 0 Å². The standard InChI is InChI=1S/C26H25FN4O3S2/c1-36(33,34)19-8-6-16(7-9-19)23-22(30-25(35-23)17-12-18(27)14-29-13-17)20-4-2-3-5-21(20)24(32)31-26(15-28)10-11-26/h6-9,12-14,20-21H,2-5,10-11H2,1H3,(H,31,32). The molecule has 0 saturated heterocycles. The molecule has 0 spiro atoms. The van der Waals surface area contributed by atoms with Crippen molar-refractivity contribution in [1.29, 1.82) is 5.26 Å². The van der Waals surface area contributed by atoms with Crippen LogP contribution in [0.15, 0.2) is 47.6 Å². The zero-order chi connectivity index (χ0) is 25.5. The summed E-state index contributed by atoms with van der Waals surface area (Å²) in [5.41, 5.74) is 1.32. The third-order valence-corrected chi connectivity index (χ3v) is 9.23. The summed E-state index contributed by atoms with van der Waals surface area (Å²) < 4.78 is 37.9. The highest BCUT2D eigenvalue weighted by atomic mass is 32.2. The molecule has 36 heavy (non-hydrogen) atoms. The maximum Gasteiger partial charge on any atom is 0.225 e. The lowest BCUT2D eigenvalue weighted by Crippen LogP contribution is -2.42. The van der Waals surface area contributed by atoms with E-state index in [4.69, 9.17) is 4.98 Å². The molecule has 2 aromatic heterocycles. The Morgan fingerprint density at radius 3 is 2.53 bits per heavy atom. The van der Waals surface area contributed by atoms with Crippen molar-refractivity contribution in [1.82, 2.24) is 15.3 Å². The van der Waals surface area contributed by atoms with Crippen molar-refractivity contribution in [2.45, 2.75) is 54.9 Å². The molecule has 2 fully saturated rings. The van der Waals surface area contributed by atoms with Gasteiger partial charge in [-0.3, -0.25) is 9.78 Å². The molecule has 10 heteroatoms. The number of rotatable bonds is 6. The van der Waals surface area contributed by atoms with Crippen molar-refractivity contribution in [2.24, 2.45) is 5.92 Å². The van der Waals surface area contributed by atoms with Crippen LogP contribution in [0.1, 0.15) is 50.1 Å². The molecule has 2 atom stereocenters. The van der Waals surface area contributed by atoms with Crippen LogP contribution in [0.2, 0.25) is 0 Å². The first-order valence-corrected chi connectivity index (χ1v) is 14.6. The van der Waals surface area contributed by atoms with Gasteiger partial charge in [-0.2, -0.15) is 5.26 Å². The molecule has 2 saturated carbocycles. The van der Waals surface area contributed by atoms with E-state index in [1.165, 1.54) is 17.4 Å². The van der Waals surface area contributed by atoms with E-state index < -0.39 is 21.2 Å². The number of hydrogen-bond donors (Lipinski definition) is 1. The minimum Gasteiger partial charge on any atom is -0.338 e. The van der Waals surface area contributed by atoms with Crippen molar-refractivity contribution in [2.75, 3.05) is 6.26 Å². The first kappa shape index (κ1) is 24.5. The van der Waals surface area contributed by atoms with E-state index in [-0.39, 0.29) is 22.6 Å². The van der Waals surface area contributed by atoms with Gasteiger partial charge in [0.2, 0.25) is 5.91 Å². The van der Waals surface area contributed by atoms with Gasteiger partial charge in [-0.05, 0) is 49.4 Å². The molecular formula is C26H25FN4O3S2. The Morgan fingerprint density at radius 2 is 1.89 bits per heavy atom. The lowest BCUT2D eigenvalue weighted by molar-refractivity contribution is -0.127. The van der Waals surface area contributed by atoms with Crippen LogP contribution in [0.5, 0.6) is 0 Å². The summed E-state index contributed by atoms with van der Waals surface area (Å²) in [5, 5.41) is 13.0. The molecule has 186 valence electrons. The Morgan fingerprint density at radius 1 is 1.17 bits per heavy atom. The summed E-state index contributed by atoms with van der Waals surface area (Å²) in [5.74, 6) is -1.10. The number of nitrogens with zero attached hydrogens (tertiary/aromatic N) is 3. The molecule has 1 aromatic carbocycles. The molecule has 2 aliphatic carbocycles. The molecular weight excluding hydrogens is 499 g/mol. The fourth-order valence-electron chi connectivity index (χ4n) is 4.79. The quantitative estimate of drug-likeness (QED) is 0.493. The van der Waals surface area contributed by atoms with Gasteiger partial charge < -0.3 is 5.32 Å². The largest absolute Gasteiger partial charge is 0.338 e. The van der Waals surface area contributed by atoms with E-state index in [0.717, 1.165) is 47.8 Å². The van der Waals surface area contributed by atoms with Gasteiger partial charge in [0.15, 0.2) is 9.84 Å². The fraction of sp³-hybridized carbons (Fsp3) is 0.385. The minimum atomic E-state index is -3.35. The number of benzene rings is 1. The molecule has 3 aromatic rings. The average molecular weight is 525 g/mol. The van der Waals surface area contributed by atoms with Gasteiger partial charge in [-0.25, -0.2) is 17.8 Å². The van der Waals surface area contributed by atoms with Crippen molar-refractivity contribution in [3.63, 3.8) is 0 Å². The molecule has 0 radical (unpaired) electrons. The zero-order valence-corrected chi connectivity index (χ0v) is 21.3. The van der Waals surface area contributed by atoms with Crippen LogP contribution in [0.3, 0.4) is 0 Å². The molecule has 7 nitrogen and oxygen atoms in total. The number of halogens is 1. The van der Waals surface area contributed by atoms with E-state index in [0.29, 0.717) is 29.8 Å². The van der Waals surface area contributed by atoms with Crippen LogP contribution in [-0.2, 0) is 14.6 Å². The molecule has 1 amide bonds.